The van der Waals surface area contributed by atoms with Crippen molar-refractivity contribution >= 4 is 34.9 Å². The van der Waals surface area contributed by atoms with E-state index in [2.05, 4.69) is 5.32 Å². The molecule has 154 valence electrons. The molecule has 1 aliphatic heterocycles. The number of carbonyl (C=O) groups excluding carboxylic acids is 3. The molecule has 0 saturated carbocycles. The smallest absolute Gasteiger partial charge is 0.306 e. The quantitative estimate of drug-likeness (QED) is 0.532. The van der Waals surface area contributed by atoms with Gasteiger partial charge in [0.25, 0.3) is 5.91 Å². The van der Waals surface area contributed by atoms with E-state index < -0.39 is 18.5 Å². The van der Waals surface area contributed by atoms with Gasteiger partial charge in [-0.1, -0.05) is 11.6 Å². The SMILES string of the molecule is N#Cc1ccc(NC(=O)COC(=O)CCC(=O)c2ccc3c(c2)OCCO3)cc1Cl. The zero-order chi connectivity index (χ0) is 21.5. The van der Waals surface area contributed by atoms with Crippen molar-refractivity contribution in [3.8, 4) is 17.6 Å². The van der Waals surface area contributed by atoms with Gasteiger partial charge < -0.3 is 19.5 Å². The molecule has 0 spiro atoms. The largest absolute Gasteiger partial charge is 0.486 e. The van der Waals surface area contributed by atoms with E-state index in [9.17, 15) is 14.4 Å². The predicted octanol–water partition coefficient (Wildman–Crippen LogP) is 3.13. The molecule has 9 heteroatoms. The van der Waals surface area contributed by atoms with E-state index in [0.29, 0.717) is 36.0 Å². The van der Waals surface area contributed by atoms with Gasteiger partial charge in [0.15, 0.2) is 23.9 Å². The Balaban J connectivity index is 1.43. The fourth-order valence-electron chi connectivity index (χ4n) is 2.68. The standard InChI is InChI=1S/C21H17ClN2O6/c22-16-10-15(3-1-14(16)11-23)24-20(26)12-30-21(27)6-4-17(25)13-2-5-18-19(9-13)29-8-7-28-18/h1-3,5,9-10H,4,6-8,12H2,(H,24,26). The maximum absolute atomic E-state index is 12.3. The van der Waals surface area contributed by atoms with Crippen LogP contribution >= 0.6 is 11.6 Å². The Kier molecular flexibility index (Phi) is 6.88. The summed E-state index contributed by atoms with van der Waals surface area (Å²) in [6, 6.07) is 11.2. The van der Waals surface area contributed by atoms with Crippen LogP contribution in [0.4, 0.5) is 5.69 Å². The summed E-state index contributed by atoms with van der Waals surface area (Å²) in [6.07, 6.45) is -0.228. The van der Waals surface area contributed by atoms with Gasteiger partial charge in [-0.2, -0.15) is 5.26 Å². The number of hydrogen-bond acceptors (Lipinski definition) is 7. The van der Waals surface area contributed by atoms with Crippen LogP contribution in [0.5, 0.6) is 11.5 Å². The lowest BCUT2D eigenvalue weighted by Crippen LogP contribution is -2.21. The second kappa shape index (κ2) is 9.76. The van der Waals surface area contributed by atoms with Gasteiger partial charge in [0.1, 0.15) is 19.3 Å². The Morgan fingerprint density at radius 2 is 1.83 bits per heavy atom. The molecule has 3 rings (SSSR count). The van der Waals surface area contributed by atoms with Gasteiger partial charge in [0.2, 0.25) is 0 Å². The normalized spacial score (nSPS) is 11.9. The zero-order valence-corrected chi connectivity index (χ0v) is 16.5. The average Bonchev–Trinajstić information content (AvgIpc) is 2.75. The number of fused-ring (bicyclic) bond motifs is 1. The molecule has 0 unspecified atom stereocenters. The number of nitriles is 1. The summed E-state index contributed by atoms with van der Waals surface area (Å²) in [5.74, 6) is -0.419. The number of amides is 1. The molecule has 1 aliphatic rings. The molecule has 0 aliphatic carbocycles. The summed E-state index contributed by atoms with van der Waals surface area (Å²) in [7, 11) is 0. The summed E-state index contributed by atoms with van der Waals surface area (Å²) in [5.41, 5.74) is 1.06. The molecule has 30 heavy (non-hydrogen) atoms. The van der Waals surface area contributed by atoms with Crippen molar-refractivity contribution in [2.45, 2.75) is 12.8 Å². The number of benzene rings is 2. The fourth-order valence-corrected chi connectivity index (χ4v) is 2.90. The first kappa shape index (κ1) is 21.1. The van der Waals surface area contributed by atoms with Crippen molar-refractivity contribution in [1.29, 1.82) is 5.26 Å². The fraction of sp³-hybridized carbons (Fsp3) is 0.238. The highest BCUT2D eigenvalue weighted by Crippen LogP contribution is 2.31. The van der Waals surface area contributed by atoms with Gasteiger partial charge in [0.05, 0.1) is 17.0 Å². The number of ketones is 1. The highest BCUT2D eigenvalue weighted by Gasteiger charge is 2.16. The van der Waals surface area contributed by atoms with Crippen molar-refractivity contribution in [2.24, 2.45) is 0 Å². The Morgan fingerprint density at radius 3 is 2.57 bits per heavy atom. The number of anilines is 1. The van der Waals surface area contributed by atoms with E-state index in [1.165, 1.54) is 18.2 Å². The number of nitrogens with zero attached hydrogens (tertiary/aromatic N) is 1. The van der Waals surface area contributed by atoms with Gasteiger partial charge in [-0.05, 0) is 36.4 Å². The molecule has 0 fully saturated rings. The molecule has 0 atom stereocenters. The number of carbonyl (C=O) groups is 3. The molecule has 1 heterocycles. The van der Waals surface area contributed by atoms with Gasteiger partial charge in [-0.15, -0.1) is 0 Å². The van der Waals surface area contributed by atoms with Crippen LogP contribution in [0.1, 0.15) is 28.8 Å². The average molecular weight is 429 g/mol. The lowest BCUT2D eigenvalue weighted by atomic mass is 10.1. The van der Waals surface area contributed by atoms with E-state index in [1.807, 2.05) is 6.07 Å². The molecule has 0 bridgehead atoms. The monoisotopic (exact) mass is 428 g/mol. The Hall–Kier alpha value is -3.57. The van der Waals surface area contributed by atoms with Crippen LogP contribution < -0.4 is 14.8 Å². The topological polar surface area (TPSA) is 115 Å². The van der Waals surface area contributed by atoms with Crippen LogP contribution in [-0.2, 0) is 14.3 Å². The minimum atomic E-state index is -0.672. The van der Waals surface area contributed by atoms with Crippen LogP contribution in [0.3, 0.4) is 0 Å². The number of nitrogens with one attached hydrogen (secondary N) is 1. The zero-order valence-electron chi connectivity index (χ0n) is 15.8. The third kappa shape index (κ3) is 5.49. The minimum absolute atomic E-state index is 0.0642. The minimum Gasteiger partial charge on any atom is -0.486 e. The summed E-state index contributed by atoms with van der Waals surface area (Å²) in [4.78, 5) is 36.0. The Labute approximate surface area is 177 Å². The summed E-state index contributed by atoms with van der Waals surface area (Å²) < 4.78 is 15.7. The maximum Gasteiger partial charge on any atom is 0.306 e. The van der Waals surface area contributed by atoms with Crippen molar-refractivity contribution in [2.75, 3.05) is 25.1 Å². The number of Topliss-reactive ketones (excluding diaryl/α,β-unsaturated/α-hetero) is 1. The summed E-state index contributed by atoms with van der Waals surface area (Å²) in [6.45, 7) is 0.361. The van der Waals surface area contributed by atoms with Crippen LogP contribution in [0.2, 0.25) is 5.02 Å². The molecule has 1 amide bonds. The van der Waals surface area contributed by atoms with Gasteiger partial charge in [-0.3, -0.25) is 14.4 Å². The highest BCUT2D eigenvalue weighted by molar-refractivity contribution is 6.32. The number of esters is 1. The van der Waals surface area contributed by atoms with Crippen molar-refractivity contribution in [3.05, 3.63) is 52.5 Å². The second-order valence-corrected chi connectivity index (χ2v) is 6.70. The van der Waals surface area contributed by atoms with Gasteiger partial charge >= 0.3 is 5.97 Å². The molecule has 2 aromatic rings. The molecule has 8 nitrogen and oxygen atoms in total. The van der Waals surface area contributed by atoms with Crippen molar-refractivity contribution in [3.63, 3.8) is 0 Å². The molecular weight excluding hydrogens is 412 g/mol. The first-order valence-corrected chi connectivity index (χ1v) is 9.42. The molecule has 0 saturated heterocycles. The van der Waals surface area contributed by atoms with Crippen LogP contribution in [0.15, 0.2) is 36.4 Å². The Bertz CT molecular complexity index is 1030. The van der Waals surface area contributed by atoms with E-state index in [4.69, 9.17) is 31.1 Å². The Morgan fingerprint density at radius 1 is 1.07 bits per heavy atom. The third-order valence-corrected chi connectivity index (χ3v) is 4.47. The molecule has 2 aromatic carbocycles. The lowest BCUT2D eigenvalue weighted by molar-refractivity contribution is -0.147. The van der Waals surface area contributed by atoms with Crippen molar-refractivity contribution < 1.29 is 28.6 Å². The van der Waals surface area contributed by atoms with Crippen LogP contribution in [0, 0.1) is 11.3 Å². The summed E-state index contributed by atoms with van der Waals surface area (Å²) >= 11 is 5.90. The number of halogens is 1. The lowest BCUT2D eigenvalue weighted by Gasteiger charge is -2.18. The predicted molar refractivity (Wildman–Crippen MR) is 107 cm³/mol. The van der Waals surface area contributed by atoms with Gasteiger partial charge in [-0.25, -0.2) is 0 Å². The molecule has 0 aromatic heterocycles. The van der Waals surface area contributed by atoms with Gasteiger partial charge in [0, 0.05) is 17.7 Å². The van der Waals surface area contributed by atoms with E-state index in [0.717, 1.165) is 0 Å². The highest BCUT2D eigenvalue weighted by atomic mass is 35.5. The van der Waals surface area contributed by atoms with Crippen molar-refractivity contribution in [1.82, 2.24) is 0 Å². The molecule has 0 radical (unpaired) electrons. The molecule has 1 N–H and O–H groups in total. The number of hydrogen-bond donors (Lipinski definition) is 1. The van der Waals surface area contributed by atoms with Crippen LogP contribution in [-0.4, -0.2) is 37.5 Å². The van der Waals surface area contributed by atoms with Crippen LogP contribution in [0.25, 0.3) is 0 Å². The van der Waals surface area contributed by atoms with E-state index in [-0.39, 0.29) is 29.2 Å². The first-order valence-electron chi connectivity index (χ1n) is 9.04. The van der Waals surface area contributed by atoms with E-state index in [1.54, 1.807) is 18.2 Å². The third-order valence-electron chi connectivity index (χ3n) is 4.16. The summed E-state index contributed by atoms with van der Waals surface area (Å²) in [5, 5.41) is 11.5. The second-order valence-electron chi connectivity index (χ2n) is 6.30. The number of rotatable bonds is 7. The maximum atomic E-state index is 12.3. The number of ether oxygens (including phenoxy) is 3. The van der Waals surface area contributed by atoms with E-state index >= 15 is 0 Å². The molecular formula is C21H17ClN2O6. The first-order chi connectivity index (χ1) is 14.5.